The van der Waals surface area contributed by atoms with Gasteiger partial charge < -0.3 is 10.1 Å². The molecular formula is C15H24N2O2. The van der Waals surface area contributed by atoms with Gasteiger partial charge in [0.25, 0.3) is 0 Å². The van der Waals surface area contributed by atoms with Gasteiger partial charge in [0, 0.05) is 11.6 Å². The van der Waals surface area contributed by atoms with Crippen LogP contribution in [0.15, 0.2) is 0 Å². The number of aromatic amines is 1. The van der Waals surface area contributed by atoms with Crippen LogP contribution in [0.1, 0.15) is 75.0 Å². The summed E-state index contributed by atoms with van der Waals surface area (Å²) in [6, 6.07) is 0. The van der Waals surface area contributed by atoms with Crippen molar-refractivity contribution in [3.8, 4) is 0 Å². The van der Waals surface area contributed by atoms with Crippen molar-refractivity contribution in [1.29, 1.82) is 0 Å². The van der Waals surface area contributed by atoms with Gasteiger partial charge in [-0.15, -0.1) is 0 Å². The molecular weight excluding hydrogens is 240 g/mol. The molecule has 0 amide bonds. The number of aliphatic carboxylic acids is 1. The van der Waals surface area contributed by atoms with E-state index in [1.807, 2.05) is 20.8 Å². The lowest BCUT2D eigenvalue weighted by Gasteiger charge is -2.20. The molecule has 1 aliphatic rings. The number of rotatable bonds is 4. The summed E-state index contributed by atoms with van der Waals surface area (Å²) in [7, 11) is 0. The van der Waals surface area contributed by atoms with E-state index in [0.29, 0.717) is 11.7 Å². The van der Waals surface area contributed by atoms with Gasteiger partial charge in [-0.2, -0.15) is 0 Å². The Morgan fingerprint density at radius 2 is 1.95 bits per heavy atom. The monoisotopic (exact) mass is 264 g/mol. The fourth-order valence-electron chi connectivity index (χ4n) is 3.14. The second-order valence-electron chi connectivity index (χ2n) is 6.03. The summed E-state index contributed by atoms with van der Waals surface area (Å²) in [6.07, 6.45) is 6.21. The lowest BCUT2D eigenvalue weighted by atomic mass is 9.86. The smallest absolute Gasteiger partial charge is 0.314 e. The third-order valence-electron chi connectivity index (χ3n) is 4.16. The summed E-state index contributed by atoms with van der Waals surface area (Å²) in [6.45, 7) is 5.87. The molecule has 0 bridgehead atoms. The highest BCUT2D eigenvalue weighted by molar-refractivity contribution is 5.75. The largest absolute Gasteiger partial charge is 0.481 e. The molecule has 19 heavy (non-hydrogen) atoms. The van der Waals surface area contributed by atoms with Gasteiger partial charge in [0.15, 0.2) is 0 Å². The van der Waals surface area contributed by atoms with Crippen molar-refractivity contribution in [3.05, 3.63) is 17.2 Å². The Bertz CT molecular complexity index is 445. The molecule has 0 aliphatic heterocycles. The molecule has 1 atom stereocenters. The van der Waals surface area contributed by atoms with Crippen molar-refractivity contribution in [2.75, 3.05) is 0 Å². The normalized spacial score (nSPS) is 18.7. The van der Waals surface area contributed by atoms with E-state index < -0.39 is 11.9 Å². The molecule has 1 heterocycles. The summed E-state index contributed by atoms with van der Waals surface area (Å²) in [5.74, 6) is -0.141. The van der Waals surface area contributed by atoms with Crippen LogP contribution in [0.5, 0.6) is 0 Å². The van der Waals surface area contributed by atoms with Gasteiger partial charge in [0.2, 0.25) is 0 Å². The average Bonchev–Trinajstić information content (AvgIpc) is 2.71. The minimum Gasteiger partial charge on any atom is -0.481 e. The number of aryl methyl sites for hydroxylation is 1. The number of hydrogen-bond donors (Lipinski definition) is 2. The highest BCUT2D eigenvalue weighted by Gasteiger charge is 2.29. The Hall–Kier alpha value is -1.32. The van der Waals surface area contributed by atoms with Gasteiger partial charge in [0.1, 0.15) is 11.7 Å². The van der Waals surface area contributed by atoms with Crippen LogP contribution in [-0.4, -0.2) is 21.0 Å². The van der Waals surface area contributed by atoms with Crippen LogP contribution in [0.4, 0.5) is 0 Å². The molecule has 0 saturated heterocycles. The molecule has 1 saturated carbocycles. The van der Waals surface area contributed by atoms with Crippen molar-refractivity contribution in [3.63, 3.8) is 0 Å². The third-order valence-corrected chi connectivity index (χ3v) is 4.16. The maximum Gasteiger partial charge on any atom is 0.314 e. The SMILES string of the molecule is Cc1[nH]c(C(C(=O)O)C(C)C)nc1C1CCCCC1. The number of nitrogens with one attached hydrogen (secondary N) is 1. The molecule has 4 nitrogen and oxygen atoms in total. The summed E-state index contributed by atoms with van der Waals surface area (Å²) in [5.41, 5.74) is 2.15. The number of hydrogen-bond acceptors (Lipinski definition) is 2. The highest BCUT2D eigenvalue weighted by atomic mass is 16.4. The Kier molecular flexibility index (Phi) is 4.27. The van der Waals surface area contributed by atoms with E-state index in [9.17, 15) is 9.90 Å². The molecule has 1 unspecified atom stereocenters. The first-order valence-corrected chi connectivity index (χ1v) is 7.30. The quantitative estimate of drug-likeness (QED) is 0.873. The number of carboxylic acid groups (broad SMARTS) is 1. The zero-order valence-electron chi connectivity index (χ0n) is 12.1. The van der Waals surface area contributed by atoms with Gasteiger partial charge in [-0.3, -0.25) is 4.79 Å². The number of aromatic nitrogens is 2. The molecule has 1 aromatic rings. The van der Waals surface area contributed by atoms with E-state index in [1.165, 1.54) is 32.1 Å². The molecule has 0 aromatic carbocycles. The van der Waals surface area contributed by atoms with Gasteiger partial charge in [-0.05, 0) is 25.7 Å². The molecule has 1 aromatic heterocycles. The Morgan fingerprint density at radius 3 is 2.47 bits per heavy atom. The average molecular weight is 264 g/mol. The highest BCUT2D eigenvalue weighted by Crippen LogP contribution is 2.34. The number of nitrogens with zero attached hydrogens (tertiary/aromatic N) is 1. The maximum absolute atomic E-state index is 11.4. The maximum atomic E-state index is 11.4. The summed E-state index contributed by atoms with van der Waals surface area (Å²) in [5, 5.41) is 9.35. The first-order valence-electron chi connectivity index (χ1n) is 7.30. The lowest BCUT2D eigenvalue weighted by Crippen LogP contribution is -2.19. The number of imidazole rings is 1. The lowest BCUT2D eigenvalue weighted by molar-refractivity contribution is -0.140. The Morgan fingerprint density at radius 1 is 1.32 bits per heavy atom. The molecule has 106 valence electrons. The van der Waals surface area contributed by atoms with Crippen LogP contribution in [0.25, 0.3) is 0 Å². The van der Waals surface area contributed by atoms with Crippen LogP contribution in [-0.2, 0) is 4.79 Å². The molecule has 1 aliphatic carbocycles. The molecule has 2 rings (SSSR count). The number of carboxylic acids is 1. The van der Waals surface area contributed by atoms with E-state index in [1.54, 1.807) is 0 Å². The predicted molar refractivity (Wildman–Crippen MR) is 74.4 cm³/mol. The van der Waals surface area contributed by atoms with Crippen LogP contribution < -0.4 is 0 Å². The molecule has 4 heteroatoms. The van der Waals surface area contributed by atoms with Gasteiger partial charge in [0.05, 0.1) is 5.69 Å². The van der Waals surface area contributed by atoms with Crippen molar-refractivity contribution in [2.45, 2.75) is 64.7 Å². The van der Waals surface area contributed by atoms with Crippen molar-refractivity contribution in [2.24, 2.45) is 5.92 Å². The zero-order chi connectivity index (χ0) is 14.0. The van der Waals surface area contributed by atoms with Crippen molar-refractivity contribution >= 4 is 5.97 Å². The van der Waals surface area contributed by atoms with Crippen LogP contribution >= 0.6 is 0 Å². The molecule has 1 fully saturated rings. The number of carbonyl (C=O) groups is 1. The Labute approximate surface area is 114 Å². The van der Waals surface area contributed by atoms with E-state index in [0.717, 1.165) is 11.4 Å². The first kappa shape index (κ1) is 14.1. The first-order chi connectivity index (χ1) is 9.00. The van der Waals surface area contributed by atoms with E-state index in [2.05, 4.69) is 9.97 Å². The summed E-state index contributed by atoms with van der Waals surface area (Å²) >= 11 is 0. The van der Waals surface area contributed by atoms with Crippen LogP contribution in [0.3, 0.4) is 0 Å². The Balaban J connectivity index is 2.26. The second-order valence-corrected chi connectivity index (χ2v) is 6.03. The third kappa shape index (κ3) is 2.99. The second kappa shape index (κ2) is 5.76. The standard InChI is InChI=1S/C15H24N2O2/c1-9(2)12(15(18)19)14-16-10(3)13(17-14)11-7-5-4-6-8-11/h9,11-12H,4-8H2,1-3H3,(H,16,17)(H,18,19). The van der Waals surface area contributed by atoms with Crippen LogP contribution in [0, 0.1) is 12.8 Å². The predicted octanol–water partition coefficient (Wildman–Crippen LogP) is 3.59. The molecule has 2 N–H and O–H groups in total. The van der Waals surface area contributed by atoms with E-state index >= 15 is 0 Å². The fraction of sp³-hybridized carbons (Fsp3) is 0.733. The molecule has 0 radical (unpaired) electrons. The van der Waals surface area contributed by atoms with E-state index in [4.69, 9.17) is 0 Å². The number of H-pyrrole nitrogens is 1. The van der Waals surface area contributed by atoms with Crippen molar-refractivity contribution in [1.82, 2.24) is 9.97 Å². The van der Waals surface area contributed by atoms with Crippen LogP contribution in [0.2, 0.25) is 0 Å². The van der Waals surface area contributed by atoms with Crippen molar-refractivity contribution < 1.29 is 9.90 Å². The minimum atomic E-state index is -0.793. The fourth-order valence-corrected chi connectivity index (χ4v) is 3.14. The zero-order valence-corrected chi connectivity index (χ0v) is 12.1. The van der Waals surface area contributed by atoms with Gasteiger partial charge in [-0.25, -0.2) is 4.98 Å². The van der Waals surface area contributed by atoms with Gasteiger partial charge in [-0.1, -0.05) is 33.1 Å². The topological polar surface area (TPSA) is 66.0 Å². The minimum absolute atomic E-state index is 0.0438. The summed E-state index contributed by atoms with van der Waals surface area (Å²) < 4.78 is 0. The molecule has 0 spiro atoms. The van der Waals surface area contributed by atoms with E-state index in [-0.39, 0.29) is 5.92 Å². The summed E-state index contributed by atoms with van der Waals surface area (Å²) in [4.78, 5) is 19.2. The van der Waals surface area contributed by atoms with Gasteiger partial charge >= 0.3 is 5.97 Å².